The highest BCUT2D eigenvalue weighted by Gasteiger charge is 2.33. The average molecular weight is 320 g/mol. The molecule has 1 amide bonds. The van der Waals surface area contributed by atoms with Crippen molar-refractivity contribution in [3.63, 3.8) is 0 Å². The van der Waals surface area contributed by atoms with Crippen molar-refractivity contribution in [2.24, 2.45) is 11.1 Å². The van der Waals surface area contributed by atoms with Crippen molar-refractivity contribution in [2.45, 2.75) is 37.1 Å². The van der Waals surface area contributed by atoms with Crippen molar-refractivity contribution < 1.29 is 18.0 Å². The summed E-state index contributed by atoms with van der Waals surface area (Å²) < 4.78 is 36.7. The van der Waals surface area contributed by atoms with Crippen LogP contribution in [-0.4, -0.2) is 18.0 Å². The van der Waals surface area contributed by atoms with Crippen LogP contribution < -0.4 is 11.1 Å². The maximum atomic E-state index is 12.3. The minimum atomic E-state index is -4.32. The Labute approximate surface area is 126 Å². The summed E-state index contributed by atoms with van der Waals surface area (Å²) in [6, 6.07) is 5.57. The Hall–Kier alpha value is -1.21. The Balaban J connectivity index is 2.78. The summed E-state index contributed by atoms with van der Waals surface area (Å²) >= 11 is -0.185. The van der Waals surface area contributed by atoms with Crippen molar-refractivity contribution in [3.05, 3.63) is 24.3 Å². The zero-order chi connectivity index (χ0) is 16.1. The highest BCUT2D eigenvalue weighted by Crippen LogP contribution is 2.37. The smallest absolute Gasteiger partial charge is 0.329 e. The maximum absolute atomic E-state index is 12.3. The van der Waals surface area contributed by atoms with Crippen LogP contribution in [0, 0.1) is 5.41 Å². The third-order valence-electron chi connectivity index (χ3n) is 3.57. The lowest BCUT2D eigenvalue weighted by Crippen LogP contribution is -2.41. The van der Waals surface area contributed by atoms with Gasteiger partial charge in [0.2, 0.25) is 5.91 Å². The van der Waals surface area contributed by atoms with Crippen molar-refractivity contribution in [1.82, 2.24) is 0 Å². The molecule has 118 valence electrons. The van der Waals surface area contributed by atoms with E-state index in [1.165, 1.54) is 24.3 Å². The van der Waals surface area contributed by atoms with Gasteiger partial charge in [0, 0.05) is 17.1 Å². The summed E-state index contributed by atoms with van der Waals surface area (Å²) in [5.41, 5.74) is 1.20. The van der Waals surface area contributed by atoms with Crippen LogP contribution in [0.2, 0.25) is 0 Å². The van der Waals surface area contributed by atoms with Crippen molar-refractivity contribution in [2.75, 3.05) is 11.9 Å². The molecule has 3 N–H and O–H groups in total. The van der Waals surface area contributed by atoms with Gasteiger partial charge in [-0.1, -0.05) is 13.8 Å². The Morgan fingerprint density at radius 3 is 2.10 bits per heavy atom. The highest BCUT2D eigenvalue weighted by molar-refractivity contribution is 8.00. The molecule has 0 aliphatic rings. The summed E-state index contributed by atoms with van der Waals surface area (Å²) in [7, 11) is 0. The largest absolute Gasteiger partial charge is 0.446 e. The van der Waals surface area contributed by atoms with Crippen LogP contribution in [0.5, 0.6) is 0 Å². The maximum Gasteiger partial charge on any atom is 0.446 e. The summed E-state index contributed by atoms with van der Waals surface area (Å²) in [5.74, 6) is -0.203. The molecule has 1 aromatic carbocycles. The van der Waals surface area contributed by atoms with E-state index in [1.807, 2.05) is 13.8 Å². The van der Waals surface area contributed by atoms with Crippen LogP contribution in [0.4, 0.5) is 18.9 Å². The molecule has 0 unspecified atom stereocenters. The zero-order valence-electron chi connectivity index (χ0n) is 12.0. The average Bonchev–Trinajstić information content (AvgIpc) is 2.42. The van der Waals surface area contributed by atoms with Crippen molar-refractivity contribution in [1.29, 1.82) is 0 Å². The first-order chi connectivity index (χ1) is 9.76. The molecule has 0 aliphatic heterocycles. The van der Waals surface area contributed by atoms with Gasteiger partial charge in [0.25, 0.3) is 0 Å². The van der Waals surface area contributed by atoms with Crippen LogP contribution in [0.3, 0.4) is 0 Å². The predicted octanol–water partition coefficient (Wildman–Crippen LogP) is 4.00. The summed E-state index contributed by atoms with van der Waals surface area (Å²) in [5, 5.41) is 2.72. The van der Waals surface area contributed by atoms with Crippen molar-refractivity contribution >= 4 is 23.4 Å². The molecule has 0 heterocycles. The van der Waals surface area contributed by atoms with Gasteiger partial charge in [-0.25, -0.2) is 0 Å². The number of hydrogen-bond acceptors (Lipinski definition) is 3. The van der Waals surface area contributed by atoms with Crippen molar-refractivity contribution in [3.8, 4) is 0 Å². The number of anilines is 1. The lowest BCUT2D eigenvalue weighted by molar-refractivity contribution is -0.125. The third-order valence-corrected chi connectivity index (χ3v) is 4.31. The van der Waals surface area contributed by atoms with Gasteiger partial charge in [0.05, 0.1) is 5.41 Å². The first-order valence-electron chi connectivity index (χ1n) is 6.63. The monoisotopic (exact) mass is 320 g/mol. The standard InChI is InChI=1S/C14H19F3N2OS/c1-3-13(4-2,9-18)12(20)19-10-5-7-11(8-6-10)21-14(15,16)17/h5-8H,3-4,9,18H2,1-2H3,(H,19,20). The summed E-state index contributed by atoms with van der Waals surface area (Å²) in [6.07, 6.45) is 1.21. The Kier molecular flexibility index (Phi) is 6.10. The molecule has 0 fully saturated rings. The first-order valence-corrected chi connectivity index (χ1v) is 7.45. The van der Waals surface area contributed by atoms with Gasteiger partial charge < -0.3 is 11.1 Å². The first kappa shape index (κ1) is 17.8. The SMILES string of the molecule is CCC(CC)(CN)C(=O)Nc1ccc(SC(F)(F)F)cc1. The zero-order valence-corrected chi connectivity index (χ0v) is 12.8. The fourth-order valence-corrected chi connectivity index (χ4v) is 2.50. The number of carbonyl (C=O) groups excluding carboxylic acids is 1. The van der Waals surface area contributed by atoms with E-state index in [0.717, 1.165) is 0 Å². The Morgan fingerprint density at radius 1 is 1.19 bits per heavy atom. The number of amides is 1. The molecule has 0 atom stereocenters. The van der Waals surface area contributed by atoms with Gasteiger partial charge in [-0.2, -0.15) is 13.2 Å². The molecule has 0 bridgehead atoms. The van der Waals surface area contributed by atoms with Gasteiger partial charge >= 0.3 is 5.51 Å². The second-order valence-corrected chi connectivity index (χ2v) is 5.86. The number of hydrogen-bond donors (Lipinski definition) is 2. The number of nitrogens with one attached hydrogen (secondary N) is 1. The van der Waals surface area contributed by atoms with E-state index in [9.17, 15) is 18.0 Å². The summed E-state index contributed by atoms with van der Waals surface area (Å²) in [6.45, 7) is 4.01. The van der Waals surface area contributed by atoms with E-state index < -0.39 is 10.9 Å². The molecule has 7 heteroatoms. The molecular formula is C14H19F3N2OS. The molecular weight excluding hydrogens is 301 g/mol. The quantitative estimate of drug-likeness (QED) is 0.779. The molecule has 0 aromatic heterocycles. The number of alkyl halides is 3. The van der Waals surface area contributed by atoms with Gasteiger partial charge in [-0.3, -0.25) is 4.79 Å². The van der Waals surface area contributed by atoms with Crippen LogP contribution in [0.15, 0.2) is 29.2 Å². The number of nitrogens with two attached hydrogens (primary N) is 1. The van der Waals surface area contributed by atoms with Gasteiger partial charge in [0.1, 0.15) is 0 Å². The second-order valence-electron chi connectivity index (χ2n) is 4.72. The molecule has 1 rings (SSSR count). The van der Waals surface area contributed by atoms with E-state index in [0.29, 0.717) is 18.5 Å². The van der Waals surface area contributed by atoms with Gasteiger partial charge in [-0.05, 0) is 48.9 Å². The number of thioether (sulfide) groups is 1. The van der Waals surface area contributed by atoms with Crippen LogP contribution >= 0.6 is 11.8 Å². The van der Waals surface area contributed by atoms with E-state index >= 15 is 0 Å². The summed E-state index contributed by atoms with van der Waals surface area (Å²) in [4.78, 5) is 12.3. The van der Waals surface area contributed by atoms with Crippen LogP contribution in [0.25, 0.3) is 0 Å². The number of carbonyl (C=O) groups is 1. The number of halogens is 3. The molecule has 0 aliphatic carbocycles. The molecule has 0 radical (unpaired) electrons. The number of benzene rings is 1. The van der Waals surface area contributed by atoms with E-state index in [1.54, 1.807) is 0 Å². The van der Waals surface area contributed by atoms with Gasteiger partial charge in [-0.15, -0.1) is 0 Å². The normalized spacial score (nSPS) is 12.3. The van der Waals surface area contributed by atoms with Crippen LogP contribution in [-0.2, 0) is 4.79 Å². The van der Waals surface area contributed by atoms with Gasteiger partial charge in [0.15, 0.2) is 0 Å². The van der Waals surface area contributed by atoms with Crippen LogP contribution in [0.1, 0.15) is 26.7 Å². The molecule has 1 aromatic rings. The van der Waals surface area contributed by atoms with E-state index in [2.05, 4.69) is 5.32 Å². The van der Waals surface area contributed by atoms with E-state index in [-0.39, 0.29) is 29.1 Å². The highest BCUT2D eigenvalue weighted by atomic mass is 32.2. The Bertz CT molecular complexity index is 462. The number of rotatable bonds is 6. The predicted molar refractivity (Wildman–Crippen MR) is 79.1 cm³/mol. The molecule has 21 heavy (non-hydrogen) atoms. The fourth-order valence-electron chi connectivity index (χ4n) is 1.96. The molecule has 0 saturated carbocycles. The lowest BCUT2D eigenvalue weighted by Gasteiger charge is -2.28. The lowest BCUT2D eigenvalue weighted by atomic mass is 9.81. The Morgan fingerprint density at radius 2 is 1.71 bits per heavy atom. The second kappa shape index (κ2) is 7.17. The third kappa shape index (κ3) is 4.93. The topological polar surface area (TPSA) is 55.1 Å². The minimum absolute atomic E-state index is 0.0802. The minimum Gasteiger partial charge on any atom is -0.329 e. The van der Waals surface area contributed by atoms with E-state index in [4.69, 9.17) is 5.73 Å². The fraction of sp³-hybridized carbons (Fsp3) is 0.500. The molecule has 0 spiro atoms. The molecule has 0 saturated heterocycles. The molecule has 3 nitrogen and oxygen atoms in total.